The zero-order valence-electron chi connectivity index (χ0n) is 16.0. The molecule has 0 unspecified atom stereocenters. The van der Waals surface area contributed by atoms with Crippen LogP contribution in [0.15, 0.2) is 68.2 Å². The molecule has 0 radical (unpaired) electrons. The molecule has 7 heteroatoms. The maximum atomic E-state index is 12.4. The third-order valence-electron chi connectivity index (χ3n) is 4.58. The highest BCUT2D eigenvalue weighted by molar-refractivity contribution is 6.04. The second-order valence-corrected chi connectivity index (χ2v) is 7.01. The van der Waals surface area contributed by atoms with Crippen molar-refractivity contribution in [3.63, 3.8) is 0 Å². The molecule has 0 spiro atoms. The monoisotopic (exact) mass is 389 g/mol. The quantitative estimate of drug-likeness (QED) is 0.515. The predicted octanol–water partition coefficient (Wildman–Crippen LogP) is 4.14. The fourth-order valence-corrected chi connectivity index (χ4v) is 2.96. The van der Waals surface area contributed by atoms with E-state index in [9.17, 15) is 9.59 Å². The smallest absolute Gasteiger partial charge is 0.349 e. The van der Waals surface area contributed by atoms with E-state index in [0.29, 0.717) is 29.2 Å². The Morgan fingerprint density at radius 3 is 2.55 bits per heavy atom. The van der Waals surface area contributed by atoms with Crippen molar-refractivity contribution in [2.45, 2.75) is 26.2 Å². The summed E-state index contributed by atoms with van der Waals surface area (Å²) in [5.41, 5.74) is 1.82. The van der Waals surface area contributed by atoms with Crippen molar-refractivity contribution in [3.8, 4) is 0 Å². The number of carbonyl (C=O) groups is 1. The Morgan fingerprint density at radius 2 is 1.79 bits per heavy atom. The van der Waals surface area contributed by atoms with Gasteiger partial charge in [0.2, 0.25) is 5.89 Å². The molecule has 2 heterocycles. The Bertz CT molecular complexity index is 1220. The van der Waals surface area contributed by atoms with Gasteiger partial charge in [-0.05, 0) is 29.2 Å². The molecular weight excluding hydrogens is 370 g/mol. The molecule has 0 fully saturated rings. The molecule has 1 amide bonds. The fraction of sp³-hybridized carbons (Fsp3) is 0.182. The summed E-state index contributed by atoms with van der Waals surface area (Å²) < 4.78 is 10.7. The standard InChI is InChI=1S/C22H19N3O4/c1-13(2)15-9-7-14(8-10-15)11-19-24-25-22(29-19)23-20(26)17-12-16-5-3-4-6-18(16)28-21(17)27/h3-10,12-13H,11H2,1-2H3,(H,23,25,26). The van der Waals surface area contributed by atoms with Gasteiger partial charge >= 0.3 is 11.6 Å². The van der Waals surface area contributed by atoms with E-state index >= 15 is 0 Å². The number of hydrogen-bond acceptors (Lipinski definition) is 6. The number of nitrogens with one attached hydrogen (secondary N) is 1. The van der Waals surface area contributed by atoms with Crippen LogP contribution in [0, 0.1) is 0 Å². The minimum atomic E-state index is -0.730. The van der Waals surface area contributed by atoms with Gasteiger partial charge in [-0.25, -0.2) is 4.79 Å². The van der Waals surface area contributed by atoms with Crippen LogP contribution in [0.1, 0.15) is 47.1 Å². The van der Waals surface area contributed by atoms with Crippen molar-refractivity contribution in [3.05, 3.63) is 87.6 Å². The van der Waals surface area contributed by atoms with Crippen LogP contribution in [0.25, 0.3) is 11.0 Å². The average molecular weight is 389 g/mol. The lowest BCUT2D eigenvalue weighted by Gasteiger charge is -2.05. The van der Waals surface area contributed by atoms with Crippen LogP contribution in [0.5, 0.6) is 0 Å². The fourth-order valence-electron chi connectivity index (χ4n) is 2.96. The Kier molecular flexibility index (Phi) is 4.95. The number of aromatic nitrogens is 2. The number of amides is 1. The molecule has 7 nitrogen and oxygen atoms in total. The van der Waals surface area contributed by atoms with Crippen LogP contribution in [-0.2, 0) is 6.42 Å². The molecule has 0 saturated heterocycles. The van der Waals surface area contributed by atoms with Crippen molar-refractivity contribution < 1.29 is 13.6 Å². The molecule has 0 bridgehead atoms. The number of anilines is 1. The number of fused-ring (bicyclic) bond motifs is 1. The normalized spacial score (nSPS) is 11.1. The zero-order chi connectivity index (χ0) is 20.4. The van der Waals surface area contributed by atoms with Gasteiger partial charge in [0.05, 0.1) is 6.42 Å². The van der Waals surface area contributed by atoms with Crippen molar-refractivity contribution in [2.75, 3.05) is 5.32 Å². The largest absolute Gasteiger partial charge is 0.422 e. The first-order valence-electron chi connectivity index (χ1n) is 9.25. The van der Waals surface area contributed by atoms with E-state index < -0.39 is 11.5 Å². The average Bonchev–Trinajstić information content (AvgIpc) is 3.14. The highest BCUT2D eigenvalue weighted by Gasteiger charge is 2.17. The molecule has 4 aromatic rings. The number of para-hydroxylation sites is 1. The van der Waals surface area contributed by atoms with E-state index in [1.807, 2.05) is 12.1 Å². The third-order valence-corrected chi connectivity index (χ3v) is 4.58. The maximum Gasteiger partial charge on any atom is 0.349 e. The van der Waals surface area contributed by atoms with Crippen LogP contribution in [0.4, 0.5) is 6.01 Å². The van der Waals surface area contributed by atoms with Crippen LogP contribution >= 0.6 is 0 Å². The van der Waals surface area contributed by atoms with Gasteiger partial charge in [-0.2, -0.15) is 0 Å². The molecule has 4 rings (SSSR count). The van der Waals surface area contributed by atoms with Gasteiger partial charge in [0.1, 0.15) is 11.1 Å². The van der Waals surface area contributed by atoms with Crippen LogP contribution in [0.2, 0.25) is 0 Å². The molecular formula is C22H19N3O4. The molecule has 0 saturated carbocycles. The molecule has 2 aromatic heterocycles. The molecule has 0 aliphatic carbocycles. The van der Waals surface area contributed by atoms with Crippen molar-refractivity contribution in [2.24, 2.45) is 0 Å². The predicted molar refractivity (Wildman–Crippen MR) is 108 cm³/mol. The summed E-state index contributed by atoms with van der Waals surface area (Å²) in [5.74, 6) is 0.158. The van der Waals surface area contributed by atoms with Gasteiger partial charge in [0, 0.05) is 5.39 Å². The minimum Gasteiger partial charge on any atom is -0.422 e. The Hall–Kier alpha value is -3.74. The molecule has 2 aromatic carbocycles. The lowest BCUT2D eigenvalue weighted by atomic mass is 10.0. The van der Waals surface area contributed by atoms with E-state index in [1.54, 1.807) is 24.3 Å². The summed E-state index contributed by atoms with van der Waals surface area (Å²) in [7, 11) is 0. The van der Waals surface area contributed by atoms with E-state index in [4.69, 9.17) is 8.83 Å². The maximum absolute atomic E-state index is 12.4. The first kappa shape index (κ1) is 18.6. The second kappa shape index (κ2) is 7.71. The molecule has 1 N–H and O–H groups in total. The molecule has 0 atom stereocenters. The van der Waals surface area contributed by atoms with Gasteiger partial charge in [0.25, 0.3) is 5.91 Å². The third kappa shape index (κ3) is 4.08. The Balaban J connectivity index is 1.48. The van der Waals surface area contributed by atoms with E-state index in [1.165, 1.54) is 11.6 Å². The lowest BCUT2D eigenvalue weighted by molar-refractivity contribution is 0.102. The topological polar surface area (TPSA) is 98.2 Å². The van der Waals surface area contributed by atoms with Crippen molar-refractivity contribution in [1.29, 1.82) is 0 Å². The second-order valence-electron chi connectivity index (χ2n) is 7.01. The number of hydrogen-bond donors (Lipinski definition) is 1. The van der Waals surface area contributed by atoms with Gasteiger partial charge in [0.15, 0.2) is 0 Å². The summed E-state index contributed by atoms with van der Waals surface area (Å²) >= 11 is 0. The van der Waals surface area contributed by atoms with Gasteiger partial charge in [-0.15, -0.1) is 5.10 Å². The first-order chi connectivity index (χ1) is 14.0. The SMILES string of the molecule is CC(C)c1ccc(Cc2nnc(NC(=O)c3cc4ccccc4oc3=O)o2)cc1. The molecule has 0 aliphatic heterocycles. The van der Waals surface area contributed by atoms with E-state index in [-0.39, 0.29) is 11.6 Å². The minimum absolute atomic E-state index is 0.0728. The molecule has 29 heavy (non-hydrogen) atoms. The van der Waals surface area contributed by atoms with Crippen LogP contribution in [-0.4, -0.2) is 16.1 Å². The summed E-state index contributed by atoms with van der Waals surface area (Å²) in [4.78, 5) is 24.5. The van der Waals surface area contributed by atoms with Crippen molar-refractivity contribution in [1.82, 2.24) is 10.2 Å². The van der Waals surface area contributed by atoms with Gasteiger partial charge < -0.3 is 8.83 Å². The van der Waals surface area contributed by atoms with Gasteiger partial charge in [-0.1, -0.05) is 61.4 Å². The van der Waals surface area contributed by atoms with Crippen LogP contribution in [0.3, 0.4) is 0 Å². The summed E-state index contributed by atoms with van der Waals surface area (Å²) in [6.45, 7) is 4.27. The lowest BCUT2D eigenvalue weighted by Crippen LogP contribution is -2.20. The van der Waals surface area contributed by atoms with Crippen molar-refractivity contribution >= 4 is 22.9 Å². The zero-order valence-corrected chi connectivity index (χ0v) is 16.0. The molecule has 146 valence electrons. The Labute approximate surface area is 166 Å². The summed E-state index contributed by atoms with van der Waals surface area (Å²) in [6.07, 6.45) is 0.444. The number of rotatable bonds is 5. The van der Waals surface area contributed by atoms with E-state index in [2.05, 4.69) is 41.5 Å². The number of nitrogens with zero attached hydrogens (tertiary/aromatic N) is 2. The highest BCUT2D eigenvalue weighted by atomic mass is 16.4. The van der Waals surface area contributed by atoms with Gasteiger partial charge in [-0.3, -0.25) is 10.1 Å². The Morgan fingerprint density at radius 1 is 1.03 bits per heavy atom. The van der Waals surface area contributed by atoms with E-state index in [0.717, 1.165) is 5.56 Å². The number of benzene rings is 2. The van der Waals surface area contributed by atoms with Crippen LogP contribution < -0.4 is 10.9 Å². The first-order valence-corrected chi connectivity index (χ1v) is 9.25. The highest BCUT2D eigenvalue weighted by Crippen LogP contribution is 2.18. The number of carbonyl (C=O) groups excluding carboxylic acids is 1. The summed E-state index contributed by atoms with van der Waals surface area (Å²) in [5, 5.41) is 10.9. The summed E-state index contributed by atoms with van der Waals surface area (Å²) in [6, 6.07) is 16.5. The molecule has 0 aliphatic rings.